The molecule has 4 rings (SSSR count). The number of piperidine rings is 1. The zero-order valence-electron chi connectivity index (χ0n) is 10.4. The fraction of sp³-hybridized carbons (Fsp3) is 0.583. The average molecular weight is 261 g/mol. The summed E-state index contributed by atoms with van der Waals surface area (Å²) >= 11 is 0. The molecule has 0 radical (unpaired) electrons. The van der Waals surface area contributed by atoms with Gasteiger partial charge in [0.05, 0.1) is 6.10 Å². The molecule has 2 saturated heterocycles. The van der Waals surface area contributed by atoms with E-state index in [1.165, 1.54) is 10.7 Å². The molecule has 100 valence electrons. The van der Waals surface area contributed by atoms with Crippen LogP contribution in [0.15, 0.2) is 17.2 Å². The summed E-state index contributed by atoms with van der Waals surface area (Å²) in [5, 5.41) is 16.2. The minimum absolute atomic E-state index is 0.189. The van der Waals surface area contributed by atoms with Crippen molar-refractivity contribution in [3.8, 4) is 0 Å². The molecule has 0 spiro atoms. The van der Waals surface area contributed by atoms with Crippen molar-refractivity contribution in [2.24, 2.45) is 0 Å². The number of H-pyrrole nitrogens is 1. The molecule has 2 fully saturated rings. The fourth-order valence-electron chi connectivity index (χ4n) is 3.46. The molecule has 2 unspecified atom stereocenters. The van der Waals surface area contributed by atoms with E-state index in [9.17, 15) is 9.90 Å². The number of hydrogen-bond acceptors (Lipinski definition) is 5. The number of aromatic nitrogens is 4. The van der Waals surface area contributed by atoms with Crippen LogP contribution < -0.4 is 10.6 Å². The maximum Gasteiger partial charge on any atom is 0.348 e. The van der Waals surface area contributed by atoms with E-state index in [-0.39, 0.29) is 11.8 Å². The van der Waals surface area contributed by atoms with Crippen LogP contribution in [0.2, 0.25) is 0 Å². The SMILES string of the molecule is O=c1[nH]nc2cc(N3C4CCC3CC(O)C4)ncn12. The van der Waals surface area contributed by atoms with E-state index in [0.29, 0.717) is 17.7 Å². The van der Waals surface area contributed by atoms with E-state index >= 15 is 0 Å². The number of aromatic amines is 1. The molecule has 2 N–H and O–H groups in total. The molecule has 2 aromatic heterocycles. The van der Waals surface area contributed by atoms with E-state index < -0.39 is 0 Å². The van der Waals surface area contributed by atoms with E-state index in [4.69, 9.17) is 0 Å². The van der Waals surface area contributed by atoms with Gasteiger partial charge in [0.2, 0.25) is 0 Å². The molecular formula is C12H15N5O2. The molecule has 2 atom stereocenters. The number of aliphatic hydroxyl groups excluding tert-OH is 1. The summed E-state index contributed by atoms with van der Waals surface area (Å²) in [7, 11) is 0. The van der Waals surface area contributed by atoms with Crippen molar-refractivity contribution >= 4 is 11.5 Å². The van der Waals surface area contributed by atoms with Crippen molar-refractivity contribution in [3.63, 3.8) is 0 Å². The van der Waals surface area contributed by atoms with E-state index in [2.05, 4.69) is 20.1 Å². The molecule has 0 amide bonds. The molecule has 2 aliphatic rings. The zero-order valence-corrected chi connectivity index (χ0v) is 10.4. The molecule has 7 heteroatoms. The third kappa shape index (κ3) is 1.58. The fourth-order valence-corrected chi connectivity index (χ4v) is 3.46. The molecule has 0 aromatic carbocycles. The lowest BCUT2D eigenvalue weighted by Crippen LogP contribution is -2.45. The Kier molecular flexibility index (Phi) is 2.20. The summed E-state index contributed by atoms with van der Waals surface area (Å²) in [6, 6.07) is 2.55. The standard InChI is InChI=1S/C12H15N5O2/c18-9-3-7-1-2-8(4-9)17(7)10-5-11-14-15-12(19)16(11)6-13-10/h5-9,18H,1-4H2,(H,15,19). The van der Waals surface area contributed by atoms with Crippen LogP contribution >= 0.6 is 0 Å². The minimum Gasteiger partial charge on any atom is -0.393 e. The summed E-state index contributed by atoms with van der Waals surface area (Å²) in [5.41, 5.74) is 0.312. The van der Waals surface area contributed by atoms with Crippen LogP contribution in [0.4, 0.5) is 5.82 Å². The molecule has 2 aliphatic heterocycles. The van der Waals surface area contributed by atoms with Crippen molar-refractivity contribution in [2.75, 3.05) is 4.90 Å². The van der Waals surface area contributed by atoms with Gasteiger partial charge >= 0.3 is 5.69 Å². The maximum atomic E-state index is 11.4. The van der Waals surface area contributed by atoms with E-state index in [1.54, 1.807) is 0 Å². The lowest BCUT2D eigenvalue weighted by Gasteiger charge is -2.37. The predicted molar refractivity (Wildman–Crippen MR) is 68.1 cm³/mol. The van der Waals surface area contributed by atoms with Gasteiger partial charge in [0.15, 0.2) is 5.65 Å². The summed E-state index contributed by atoms with van der Waals surface area (Å²) in [6.45, 7) is 0. The third-order valence-corrected chi connectivity index (χ3v) is 4.27. The van der Waals surface area contributed by atoms with Gasteiger partial charge in [-0.05, 0) is 25.7 Å². The second-order valence-corrected chi connectivity index (χ2v) is 5.42. The molecule has 2 bridgehead atoms. The molecule has 0 saturated carbocycles. The molecular weight excluding hydrogens is 246 g/mol. The molecule has 7 nitrogen and oxygen atoms in total. The van der Waals surface area contributed by atoms with Gasteiger partial charge in [0, 0.05) is 18.2 Å². The average Bonchev–Trinajstić information content (AvgIpc) is 2.89. The number of rotatable bonds is 1. The van der Waals surface area contributed by atoms with Crippen molar-refractivity contribution in [2.45, 2.75) is 43.9 Å². The van der Waals surface area contributed by atoms with Crippen LogP contribution in [0.5, 0.6) is 0 Å². The number of nitrogens with zero attached hydrogens (tertiary/aromatic N) is 4. The van der Waals surface area contributed by atoms with Crippen LogP contribution in [-0.4, -0.2) is 42.9 Å². The van der Waals surface area contributed by atoms with Crippen LogP contribution in [0.25, 0.3) is 5.65 Å². The summed E-state index contributed by atoms with van der Waals surface area (Å²) in [5.74, 6) is 0.853. The Morgan fingerprint density at radius 2 is 2.05 bits per heavy atom. The van der Waals surface area contributed by atoms with Crippen LogP contribution in [0.3, 0.4) is 0 Å². The van der Waals surface area contributed by atoms with Gasteiger partial charge < -0.3 is 10.0 Å². The van der Waals surface area contributed by atoms with Crippen LogP contribution in [0, 0.1) is 0 Å². The quantitative estimate of drug-likeness (QED) is 0.749. The molecule has 2 aromatic rings. The Balaban J connectivity index is 1.76. The molecule has 19 heavy (non-hydrogen) atoms. The maximum absolute atomic E-state index is 11.4. The number of nitrogens with one attached hydrogen (secondary N) is 1. The van der Waals surface area contributed by atoms with Crippen molar-refractivity contribution in [1.29, 1.82) is 0 Å². The Labute approximate surface area is 108 Å². The summed E-state index contributed by atoms with van der Waals surface area (Å²) in [6.07, 6.45) is 5.13. The predicted octanol–water partition coefficient (Wildman–Crippen LogP) is -0.0903. The van der Waals surface area contributed by atoms with Gasteiger partial charge in [-0.2, -0.15) is 5.10 Å². The molecule has 0 aliphatic carbocycles. The Morgan fingerprint density at radius 3 is 2.79 bits per heavy atom. The first-order valence-electron chi connectivity index (χ1n) is 6.61. The summed E-state index contributed by atoms with van der Waals surface area (Å²) in [4.78, 5) is 18.1. The van der Waals surface area contributed by atoms with Crippen molar-refractivity contribution < 1.29 is 5.11 Å². The van der Waals surface area contributed by atoms with Crippen LogP contribution in [0.1, 0.15) is 25.7 Å². The van der Waals surface area contributed by atoms with Gasteiger partial charge in [-0.25, -0.2) is 19.3 Å². The highest BCUT2D eigenvalue weighted by atomic mass is 16.3. The lowest BCUT2D eigenvalue weighted by molar-refractivity contribution is 0.126. The highest BCUT2D eigenvalue weighted by molar-refractivity contribution is 5.52. The highest BCUT2D eigenvalue weighted by Gasteiger charge is 2.40. The highest BCUT2D eigenvalue weighted by Crippen LogP contribution is 2.38. The lowest BCUT2D eigenvalue weighted by atomic mass is 10.00. The normalized spacial score (nSPS) is 30.2. The monoisotopic (exact) mass is 261 g/mol. The number of hydrogen-bond donors (Lipinski definition) is 2. The molecule has 4 heterocycles. The Bertz CT molecular complexity index is 664. The Hall–Kier alpha value is -1.89. The minimum atomic E-state index is -0.272. The van der Waals surface area contributed by atoms with Gasteiger partial charge in [-0.15, -0.1) is 0 Å². The number of fused-ring (bicyclic) bond motifs is 3. The second-order valence-electron chi connectivity index (χ2n) is 5.42. The third-order valence-electron chi connectivity index (χ3n) is 4.27. The first-order chi connectivity index (χ1) is 9.22. The van der Waals surface area contributed by atoms with Crippen molar-refractivity contribution in [3.05, 3.63) is 22.9 Å². The topological polar surface area (TPSA) is 86.5 Å². The van der Waals surface area contributed by atoms with Gasteiger partial charge in [0.25, 0.3) is 0 Å². The Morgan fingerprint density at radius 1 is 1.32 bits per heavy atom. The number of aliphatic hydroxyl groups is 1. The number of anilines is 1. The van der Waals surface area contributed by atoms with E-state index in [1.807, 2.05) is 6.07 Å². The van der Waals surface area contributed by atoms with Crippen LogP contribution in [-0.2, 0) is 0 Å². The first kappa shape index (κ1) is 11.0. The second kappa shape index (κ2) is 3.80. The largest absolute Gasteiger partial charge is 0.393 e. The van der Waals surface area contributed by atoms with Crippen molar-refractivity contribution in [1.82, 2.24) is 19.6 Å². The summed E-state index contributed by atoms with van der Waals surface area (Å²) < 4.78 is 1.39. The van der Waals surface area contributed by atoms with E-state index in [0.717, 1.165) is 31.5 Å². The van der Waals surface area contributed by atoms with Gasteiger partial charge in [-0.3, -0.25) is 0 Å². The smallest absolute Gasteiger partial charge is 0.348 e. The zero-order chi connectivity index (χ0) is 13.0. The van der Waals surface area contributed by atoms with Gasteiger partial charge in [0.1, 0.15) is 12.1 Å². The van der Waals surface area contributed by atoms with Gasteiger partial charge in [-0.1, -0.05) is 0 Å². The first-order valence-corrected chi connectivity index (χ1v) is 6.61.